The van der Waals surface area contributed by atoms with Crippen molar-refractivity contribution in [2.24, 2.45) is 0 Å². The van der Waals surface area contributed by atoms with Gasteiger partial charge in [0, 0.05) is 6.20 Å². The van der Waals surface area contributed by atoms with Crippen LogP contribution in [-0.4, -0.2) is 10.2 Å². The van der Waals surface area contributed by atoms with E-state index >= 15 is 0 Å². The van der Waals surface area contributed by atoms with E-state index < -0.39 is 5.82 Å². The molecule has 0 aliphatic rings. The first-order chi connectivity index (χ1) is 8.59. The maximum absolute atomic E-state index is 13.8. The summed E-state index contributed by atoms with van der Waals surface area (Å²) in [7, 11) is 0. The molecule has 2 rings (SSSR count). The van der Waals surface area contributed by atoms with Crippen molar-refractivity contribution in [3.05, 3.63) is 40.9 Å². The second kappa shape index (κ2) is 5.05. The molecular weight excluding hydrogens is 257 g/mol. The van der Waals surface area contributed by atoms with Crippen molar-refractivity contribution < 1.29 is 4.39 Å². The molecule has 0 aliphatic heterocycles. The first-order valence-corrected chi connectivity index (χ1v) is 5.50. The molecule has 1 heterocycles. The van der Waals surface area contributed by atoms with Gasteiger partial charge in [-0.15, -0.1) is 0 Å². The van der Waals surface area contributed by atoms with E-state index in [1.165, 1.54) is 6.07 Å². The lowest BCUT2D eigenvalue weighted by atomic mass is 10.2. The molecule has 0 saturated carbocycles. The summed E-state index contributed by atoms with van der Waals surface area (Å²) in [5, 5.41) is 10.2. The van der Waals surface area contributed by atoms with Gasteiger partial charge in [0.25, 0.3) is 0 Å². The molecule has 0 amide bonds. The summed E-state index contributed by atoms with van der Waals surface area (Å²) in [6.07, 6.45) is 1.55. The molecule has 0 atom stereocenters. The van der Waals surface area contributed by atoms with Crippen LogP contribution in [0.25, 0.3) is 0 Å². The Morgan fingerprint density at radius 1 is 1.33 bits per heavy atom. The Labute approximate surface area is 108 Å². The Morgan fingerprint density at radius 2 is 2.11 bits per heavy atom. The highest BCUT2D eigenvalue weighted by Crippen LogP contribution is 2.33. The first kappa shape index (κ1) is 12.4. The van der Waals surface area contributed by atoms with Crippen LogP contribution in [0.3, 0.4) is 0 Å². The number of nitrogens with two attached hydrogens (primary N) is 2. The lowest BCUT2D eigenvalue weighted by Gasteiger charge is -2.12. The second-order valence-corrected chi connectivity index (χ2v) is 4.00. The predicted molar refractivity (Wildman–Crippen MR) is 69.6 cm³/mol. The lowest BCUT2D eigenvalue weighted by molar-refractivity contribution is 0.631. The number of anilines is 3. The van der Waals surface area contributed by atoms with Gasteiger partial charge >= 0.3 is 0 Å². The van der Waals surface area contributed by atoms with Gasteiger partial charge in [-0.3, -0.25) is 0 Å². The first-order valence-electron chi connectivity index (χ1n) is 5.13. The van der Waals surface area contributed by atoms with Gasteiger partial charge in [-0.2, -0.15) is 10.2 Å². The molecule has 2 aromatic rings. The van der Waals surface area contributed by atoms with Crippen LogP contribution in [0.1, 0.15) is 5.69 Å². The lowest BCUT2D eigenvalue weighted by Crippen LogP contribution is -2.07. The fourth-order valence-corrected chi connectivity index (χ4v) is 1.60. The van der Waals surface area contributed by atoms with E-state index in [1.54, 1.807) is 18.3 Å². The minimum absolute atomic E-state index is 0.108. The molecular formula is C11H11ClFN5. The SMILES string of the molecule is Nc1cc(N)c(NCc2cccnn2)c(F)c1Cl. The molecule has 1 aromatic carbocycles. The number of hydrogen-bond acceptors (Lipinski definition) is 5. The molecule has 7 heteroatoms. The minimum Gasteiger partial charge on any atom is -0.397 e. The third-order valence-corrected chi connectivity index (χ3v) is 2.72. The summed E-state index contributed by atoms with van der Waals surface area (Å²) < 4.78 is 13.8. The number of halogens is 2. The van der Waals surface area contributed by atoms with E-state index in [-0.39, 0.29) is 28.6 Å². The Hall–Kier alpha value is -2.08. The van der Waals surface area contributed by atoms with Gasteiger partial charge in [-0.25, -0.2) is 4.39 Å². The molecule has 0 unspecified atom stereocenters. The second-order valence-electron chi connectivity index (χ2n) is 3.63. The predicted octanol–water partition coefficient (Wildman–Crippen LogP) is 2.05. The van der Waals surface area contributed by atoms with E-state index in [0.717, 1.165) is 0 Å². The largest absolute Gasteiger partial charge is 0.397 e. The van der Waals surface area contributed by atoms with E-state index in [4.69, 9.17) is 23.1 Å². The van der Waals surface area contributed by atoms with Crippen molar-refractivity contribution in [1.29, 1.82) is 0 Å². The maximum atomic E-state index is 13.8. The highest BCUT2D eigenvalue weighted by molar-refractivity contribution is 6.33. The van der Waals surface area contributed by atoms with Crippen LogP contribution in [0.4, 0.5) is 21.5 Å². The van der Waals surface area contributed by atoms with Crippen molar-refractivity contribution in [2.45, 2.75) is 6.54 Å². The number of nitrogens with zero attached hydrogens (tertiary/aromatic N) is 2. The number of rotatable bonds is 3. The Balaban J connectivity index is 2.22. The minimum atomic E-state index is -0.668. The maximum Gasteiger partial charge on any atom is 0.169 e. The summed E-state index contributed by atoms with van der Waals surface area (Å²) in [5.41, 5.74) is 12.2. The van der Waals surface area contributed by atoms with E-state index in [9.17, 15) is 4.39 Å². The van der Waals surface area contributed by atoms with Crippen LogP contribution < -0.4 is 16.8 Å². The number of aromatic nitrogens is 2. The van der Waals surface area contributed by atoms with Crippen LogP contribution in [-0.2, 0) is 6.54 Å². The van der Waals surface area contributed by atoms with Crippen LogP contribution >= 0.6 is 11.6 Å². The molecule has 94 valence electrons. The van der Waals surface area contributed by atoms with Crippen LogP contribution in [0.15, 0.2) is 24.4 Å². The van der Waals surface area contributed by atoms with Gasteiger partial charge < -0.3 is 16.8 Å². The van der Waals surface area contributed by atoms with E-state index in [1.807, 2.05) is 0 Å². The van der Waals surface area contributed by atoms with Crippen LogP contribution in [0.2, 0.25) is 5.02 Å². The Bertz CT molecular complexity index is 561. The zero-order valence-electron chi connectivity index (χ0n) is 9.32. The Kier molecular flexibility index (Phi) is 3.47. The molecule has 5 N–H and O–H groups in total. The molecule has 0 spiro atoms. The smallest absolute Gasteiger partial charge is 0.169 e. The summed E-state index contributed by atoms with van der Waals surface area (Å²) in [6.45, 7) is 0.287. The number of nitrogen functional groups attached to an aromatic ring is 2. The average Bonchev–Trinajstić information content (AvgIpc) is 2.37. The monoisotopic (exact) mass is 267 g/mol. The third kappa shape index (κ3) is 2.43. The van der Waals surface area contributed by atoms with Gasteiger partial charge in [-0.1, -0.05) is 11.6 Å². The van der Waals surface area contributed by atoms with E-state index in [0.29, 0.717) is 5.69 Å². The molecule has 1 aromatic heterocycles. The van der Waals surface area contributed by atoms with Gasteiger partial charge in [-0.05, 0) is 18.2 Å². The quantitative estimate of drug-likeness (QED) is 0.741. The van der Waals surface area contributed by atoms with Gasteiger partial charge in [0.15, 0.2) is 5.82 Å². The summed E-state index contributed by atoms with van der Waals surface area (Å²) in [6, 6.07) is 4.90. The molecule has 0 aliphatic carbocycles. The summed E-state index contributed by atoms with van der Waals surface area (Å²) in [4.78, 5) is 0. The highest BCUT2D eigenvalue weighted by atomic mass is 35.5. The number of hydrogen-bond donors (Lipinski definition) is 3. The van der Waals surface area contributed by atoms with Crippen molar-refractivity contribution in [3.63, 3.8) is 0 Å². The summed E-state index contributed by atoms with van der Waals surface area (Å²) >= 11 is 5.71. The molecule has 5 nitrogen and oxygen atoms in total. The van der Waals surface area contributed by atoms with E-state index in [2.05, 4.69) is 15.5 Å². The fourth-order valence-electron chi connectivity index (χ4n) is 1.45. The topological polar surface area (TPSA) is 89.8 Å². The van der Waals surface area contributed by atoms with Crippen molar-refractivity contribution in [1.82, 2.24) is 10.2 Å². The fraction of sp³-hybridized carbons (Fsp3) is 0.0909. The van der Waals surface area contributed by atoms with Crippen molar-refractivity contribution in [3.8, 4) is 0 Å². The number of nitrogens with one attached hydrogen (secondary N) is 1. The molecule has 0 fully saturated rings. The summed E-state index contributed by atoms with van der Waals surface area (Å²) in [5.74, 6) is -0.668. The normalized spacial score (nSPS) is 10.3. The van der Waals surface area contributed by atoms with Gasteiger partial charge in [0.2, 0.25) is 0 Å². The van der Waals surface area contributed by atoms with Crippen LogP contribution in [0, 0.1) is 5.82 Å². The average molecular weight is 268 g/mol. The molecule has 0 saturated heterocycles. The Morgan fingerprint density at radius 3 is 2.78 bits per heavy atom. The third-order valence-electron chi connectivity index (χ3n) is 2.34. The molecule has 18 heavy (non-hydrogen) atoms. The van der Waals surface area contributed by atoms with Crippen LogP contribution in [0.5, 0.6) is 0 Å². The van der Waals surface area contributed by atoms with Gasteiger partial charge in [0.05, 0.1) is 29.3 Å². The zero-order valence-corrected chi connectivity index (χ0v) is 10.1. The van der Waals surface area contributed by atoms with Crippen molar-refractivity contribution in [2.75, 3.05) is 16.8 Å². The standard InChI is InChI=1S/C11H11ClFN5/c12-9-7(14)4-8(15)11(10(9)13)16-5-6-2-1-3-17-18-6/h1-4,16H,5,14-15H2. The molecule has 0 bridgehead atoms. The molecule has 0 radical (unpaired) electrons. The van der Waals surface area contributed by atoms with Crippen molar-refractivity contribution >= 4 is 28.7 Å². The van der Waals surface area contributed by atoms with Gasteiger partial charge in [0.1, 0.15) is 5.02 Å². The highest BCUT2D eigenvalue weighted by Gasteiger charge is 2.14. The number of benzene rings is 1. The zero-order chi connectivity index (χ0) is 13.1.